The van der Waals surface area contributed by atoms with Gasteiger partial charge in [0.25, 0.3) is 0 Å². The summed E-state index contributed by atoms with van der Waals surface area (Å²) in [4.78, 5) is 16.2. The number of hydrogen-bond donors (Lipinski definition) is 1. The van der Waals surface area contributed by atoms with Crippen molar-refractivity contribution in [1.82, 2.24) is 19.6 Å². The van der Waals surface area contributed by atoms with Crippen molar-refractivity contribution >= 4 is 5.91 Å². The van der Waals surface area contributed by atoms with Gasteiger partial charge in [0.05, 0.1) is 18.8 Å². The summed E-state index contributed by atoms with van der Waals surface area (Å²) in [6.45, 7) is 7.87. The SMILES string of the molecule is Cc1nn(CCO)cc1CN1CCC(CCN2CCCC2=O)CC1. The van der Waals surface area contributed by atoms with Crippen molar-refractivity contribution in [3.8, 4) is 0 Å². The molecule has 1 aromatic rings. The number of aromatic nitrogens is 2. The normalized spacial score (nSPS) is 20.2. The Morgan fingerprint density at radius 2 is 2.04 bits per heavy atom. The number of aliphatic hydroxyl groups is 1. The molecule has 0 saturated carbocycles. The molecule has 1 aromatic heterocycles. The smallest absolute Gasteiger partial charge is 0.222 e. The van der Waals surface area contributed by atoms with Crippen molar-refractivity contribution in [1.29, 1.82) is 0 Å². The lowest BCUT2D eigenvalue weighted by Gasteiger charge is -2.32. The summed E-state index contributed by atoms with van der Waals surface area (Å²) in [6.07, 6.45) is 7.48. The van der Waals surface area contributed by atoms with Gasteiger partial charge in [0.1, 0.15) is 0 Å². The molecule has 3 rings (SSSR count). The first-order valence-corrected chi connectivity index (χ1v) is 9.29. The van der Waals surface area contributed by atoms with E-state index in [1.165, 1.54) is 18.4 Å². The van der Waals surface area contributed by atoms with Gasteiger partial charge in [-0.05, 0) is 51.6 Å². The largest absolute Gasteiger partial charge is 0.394 e. The van der Waals surface area contributed by atoms with Gasteiger partial charge in [-0.1, -0.05) is 0 Å². The minimum Gasteiger partial charge on any atom is -0.394 e. The zero-order valence-corrected chi connectivity index (χ0v) is 14.8. The number of rotatable bonds is 7. The predicted molar refractivity (Wildman–Crippen MR) is 92.5 cm³/mol. The average Bonchev–Trinajstić information content (AvgIpc) is 3.13. The lowest BCUT2D eigenvalue weighted by atomic mass is 9.93. The molecule has 0 atom stereocenters. The van der Waals surface area contributed by atoms with Gasteiger partial charge in [0.15, 0.2) is 0 Å². The highest BCUT2D eigenvalue weighted by Gasteiger charge is 2.24. The summed E-state index contributed by atoms with van der Waals surface area (Å²) in [5.41, 5.74) is 2.34. The van der Waals surface area contributed by atoms with E-state index >= 15 is 0 Å². The number of nitrogens with zero attached hydrogens (tertiary/aromatic N) is 4. The third-order valence-electron chi connectivity index (χ3n) is 5.46. The molecule has 0 spiro atoms. The van der Waals surface area contributed by atoms with Gasteiger partial charge in [-0.15, -0.1) is 0 Å². The summed E-state index contributed by atoms with van der Waals surface area (Å²) >= 11 is 0. The molecule has 1 amide bonds. The zero-order valence-electron chi connectivity index (χ0n) is 14.8. The number of likely N-dealkylation sites (tertiary alicyclic amines) is 2. The number of piperidine rings is 1. The molecule has 6 nitrogen and oxygen atoms in total. The van der Waals surface area contributed by atoms with Crippen LogP contribution < -0.4 is 0 Å². The Hall–Kier alpha value is -1.40. The fourth-order valence-electron chi connectivity index (χ4n) is 3.88. The van der Waals surface area contributed by atoms with Gasteiger partial charge in [-0.2, -0.15) is 5.10 Å². The molecule has 1 N–H and O–H groups in total. The first kappa shape index (κ1) is 17.4. The summed E-state index contributed by atoms with van der Waals surface area (Å²) in [6, 6.07) is 0. The van der Waals surface area contributed by atoms with Gasteiger partial charge in [0.2, 0.25) is 5.91 Å². The maximum Gasteiger partial charge on any atom is 0.222 e. The monoisotopic (exact) mass is 334 g/mol. The van der Waals surface area contributed by atoms with E-state index in [1.807, 2.05) is 16.5 Å². The van der Waals surface area contributed by atoms with Crippen molar-refractivity contribution in [3.05, 3.63) is 17.5 Å². The zero-order chi connectivity index (χ0) is 16.9. The van der Waals surface area contributed by atoms with Crippen molar-refractivity contribution in [3.63, 3.8) is 0 Å². The Balaban J connectivity index is 1.41. The Bertz CT molecular complexity index is 549. The number of carbonyl (C=O) groups excluding carboxylic acids is 1. The van der Waals surface area contributed by atoms with E-state index in [0.29, 0.717) is 12.5 Å². The van der Waals surface area contributed by atoms with Gasteiger partial charge in [-0.25, -0.2) is 0 Å². The lowest BCUT2D eigenvalue weighted by Crippen LogP contribution is -2.35. The van der Waals surface area contributed by atoms with Crippen LogP contribution in [0, 0.1) is 12.8 Å². The summed E-state index contributed by atoms with van der Waals surface area (Å²) in [5.74, 6) is 1.11. The summed E-state index contributed by atoms with van der Waals surface area (Å²) in [7, 11) is 0. The number of amides is 1. The third-order valence-corrected chi connectivity index (χ3v) is 5.46. The highest BCUT2D eigenvalue weighted by Crippen LogP contribution is 2.23. The van der Waals surface area contributed by atoms with E-state index in [0.717, 1.165) is 63.6 Å². The molecule has 2 saturated heterocycles. The van der Waals surface area contributed by atoms with E-state index in [1.54, 1.807) is 0 Å². The molecule has 0 aromatic carbocycles. The molecule has 134 valence electrons. The molecule has 0 unspecified atom stereocenters. The van der Waals surface area contributed by atoms with E-state index in [-0.39, 0.29) is 6.61 Å². The number of hydrogen-bond acceptors (Lipinski definition) is 4. The maximum absolute atomic E-state index is 11.7. The van der Waals surface area contributed by atoms with Crippen LogP contribution in [-0.4, -0.2) is 63.4 Å². The molecule has 0 radical (unpaired) electrons. The highest BCUT2D eigenvalue weighted by molar-refractivity contribution is 5.77. The lowest BCUT2D eigenvalue weighted by molar-refractivity contribution is -0.127. The van der Waals surface area contributed by atoms with Crippen LogP contribution in [0.2, 0.25) is 0 Å². The number of aryl methyl sites for hydroxylation is 1. The van der Waals surface area contributed by atoms with E-state index < -0.39 is 0 Å². The predicted octanol–water partition coefficient (Wildman–Crippen LogP) is 1.41. The van der Waals surface area contributed by atoms with Gasteiger partial charge >= 0.3 is 0 Å². The van der Waals surface area contributed by atoms with Gasteiger partial charge in [-0.3, -0.25) is 14.4 Å². The molecule has 3 heterocycles. The van der Waals surface area contributed by atoms with Crippen LogP contribution in [0.1, 0.15) is 43.4 Å². The topological polar surface area (TPSA) is 61.6 Å². The van der Waals surface area contributed by atoms with Crippen LogP contribution in [0.3, 0.4) is 0 Å². The first-order chi connectivity index (χ1) is 11.7. The second-order valence-electron chi connectivity index (χ2n) is 7.22. The Morgan fingerprint density at radius 3 is 2.71 bits per heavy atom. The molecular formula is C18H30N4O2. The van der Waals surface area contributed by atoms with E-state index in [9.17, 15) is 4.79 Å². The molecular weight excluding hydrogens is 304 g/mol. The van der Waals surface area contributed by atoms with Crippen LogP contribution in [0.15, 0.2) is 6.20 Å². The Morgan fingerprint density at radius 1 is 1.25 bits per heavy atom. The first-order valence-electron chi connectivity index (χ1n) is 9.29. The van der Waals surface area contributed by atoms with Crippen molar-refractivity contribution < 1.29 is 9.90 Å². The quantitative estimate of drug-likeness (QED) is 0.819. The highest BCUT2D eigenvalue weighted by atomic mass is 16.3. The van der Waals surface area contributed by atoms with Crippen LogP contribution >= 0.6 is 0 Å². The minimum absolute atomic E-state index is 0.130. The van der Waals surface area contributed by atoms with Crippen molar-refractivity contribution in [2.24, 2.45) is 5.92 Å². The number of aliphatic hydroxyl groups excluding tert-OH is 1. The molecule has 2 fully saturated rings. The molecule has 0 aliphatic carbocycles. The maximum atomic E-state index is 11.7. The van der Waals surface area contributed by atoms with E-state index in [4.69, 9.17) is 5.11 Å². The third kappa shape index (κ3) is 4.36. The van der Waals surface area contributed by atoms with Crippen LogP contribution in [0.5, 0.6) is 0 Å². The Labute approximate surface area is 144 Å². The molecule has 2 aliphatic rings. The molecule has 2 aliphatic heterocycles. The second kappa shape index (κ2) is 8.12. The average molecular weight is 334 g/mol. The second-order valence-corrected chi connectivity index (χ2v) is 7.22. The Kier molecular flexibility index (Phi) is 5.89. The molecule has 6 heteroatoms. The molecule has 24 heavy (non-hydrogen) atoms. The van der Waals surface area contributed by atoms with E-state index in [2.05, 4.69) is 16.2 Å². The van der Waals surface area contributed by atoms with Crippen LogP contribution in [0.25, 0.3) is 0 Å². The van der Waals surface area contributed by atoms with Gasteiger partial charge in [0, 0.05) is 37.8 Å². The van der Waals surface area contributed by atoms with Gasteiger partial charge < -0.3 is 10.0 Å². The standard InChI is InChI=1S/C18H30N4O2/c1-15-17(14-22(19-15)11-12-23)13-20-8-4-16(5-9-20)6-10-21-7-2-3-18(21)24/h14,16,23H,2-13H2,1H3. The van der Waals surface area contributed by atoms with Crippen molar-refractivity contribution in [2.75, 3.05) is 32.8 Å². The van der Waals surface area contributed by atoms with Crippen LogP contribution in [-0.2, 0) is 17.9 Å². The summed E-state index contributed by atoms with van der Waals surface area (Å²) < 4.78 is 1.84. The van der Waals surface area contributed by atoms with Crippen molar-refractivity contribution in [2.45, 2.75) is 52.1 Å². The number of carbonyl (C=O) groups is 1. The molecule has 0 bridgehead atoms. The minimum atomic E-state index is 0.130. The van der Waals surface area contributed by atoms with Crippen LogP contribution in [0.4, 0.5) is 0 Å². The summed E-state index contributed by atoms with van der Waals surface area (Å²) in [5, 5.41) is 13.5. The fraction of sp³-hybridized carbons (Fsp3) is 0.778. The fourth-order valence-corrected chi connectivity index (χ4v) is 3.88.